The summed E-state index contributed by atoms with van der Waals surface area (Å²) < 4.78 is 30.4. The van der Waals surface area contributed by atoms with Gasteiger partial charge in [-0.05, 0) is 49.6 Å². The highest BCUT2D eigenvalue weighted by Gasteiger charge is 2.71. The van der Waals surface area contributed by atoms with Crippen LogP contribution in [0.15, 0.2) is 44.3 Å². The minimum atomic E-state index is -2.98. The van der Waals surface area contributed by atoms with Gasteiger partial charge in [0.2, 0.25) is 5.89 Å². The Morgan fingerprint density at radius 1 is 1.26 bits per heavy atom. The van der Waals surface area contributed by atoms with Crippen molar-refractivity contribution >= 4 is 38.3 Å². The van der Waals surface area contributed by atoms with E-state index >= 15 is 0 Å². The molecule has 1 amide bonds. The molecule has 7 nitrogen and oxygen atoms in total. The van der Waals surface area contributed by atoms with Gasteiger partial charge in [0, 0.05) is 16.8 Å². The number of rotatable bonds is 4. The van der Waals surface area contributed by atoms with Crippen molar-refractivity contribution in [1.82, 2.24) is 10.3 Å². The van der Waals surface area contributed by atoms with Crippen LogP contribution in [0.4, 0.5) is 0 Å². The van der Waals surface area contributed by atoms with Crippen molar-refractivity contribution in [3.05, 3.63) is 47.0 Å². The van der Waals surface area contributed by atoms with Gasteiger partial charge < -0.3 is 14.2 Å². The van der Waals surface area contributed by atoms with Crippen LogP contribution in [0.3, 0.4) is 0 Å². The minimum absolute atomic E-state index is 0.00634. The van der Waals surface area contributed by atoms with E-state index in [0.29, 0.717) is 16.5 Å². The zero-order valence-electron chi connectivity index (χ0n) is 14.4. The van der Waals surface area contributed by atoms with E-state index in [4.69, 9.17) is 25.2 Å². The van der Waals surface area contributed by atoms with Crippen molar-refractivity contribution in [2.45, 2.75) is 35.3 Å². The molecule has 0 unspecified atom stereocenters. The number of hydrogen-bond donors (Lipinski definition) is 2. The summed E-state index contributed by atoms with van der Waals surface area (Å²) in [6, 6.07) is 8.22. The first-order valence-corrected chi connectivity index (χ1v) is 10.8. The van der Waals surface area contributed by atoms with Gasteiger partial charge in [0.25, 0.3) is 5.91 Å². The summed E-state index contributed by atoms with van der Waals surface area (Å²) in [5.74, 6) is 0.403. The van der Waals surface area contributed by atoms with Crippen molar-refractivity contribution in [2.24, 2.45) is 0 Å². The van der Waals surface area contributed by atoms with E-state index in [9.17, 15) is 9.00 Å². The first kappa shape index (κ1) is 16.8. The molecule has 2 bridgehead atoms. The summed E-state index contributed by atoms with van der Waals surface area (Å²) in [5, 5.41) is 3.62. The highest BCUT2D eigenvalue weighted by atomic mass is 35.5. The number of amides is 1. The van der Waals surface area contributed by atoms with Gasteiger partial charge in [0.1, 0.15) is 15.2 Å². The minimum Gasteiger partial charge on any atom is -0.441 e. The molecule has 1 aromatic carbocycles. The molecule has 2 heterocycles. The van der Waals surface area contributed by atoms with Crippen molar-refractivity contribution in [1.29, 1.82) is 4.78 Å². The number of nitrogens with one attached hydrogen (secondary N) is 2. The van der Waals surface area contributed by atoms with E-state index in [0.717, 1.165) is 24.8 Å². The van der Waals surface area contributed by atoms with Crippen molar-refractivity contribution in [3.8, 4) is 0 Å². The van der Waals surface area contributed by atoms with Crippen molar-refractivity contribution in [2.75, 3.05) is 6.26 Å². The van der Waals surface area contributed by atoms with Crippen LogP contribution in [-0.4, -0.2) is 26.9 Å². The second-order valence-corrected chi connectivity index (χ2v) is 10.2. The maximum atomic E-state index is 12.4. The summed E-state index contributed by atoms with van der Waals surface area (Å²) in [7, 11) is -2.98. The molecule has 3 aliphatic carbocycles. The third-order valence-electron chi connectivity index (χ3n) is 5.40. The third kappa shape index (κ3) is 2.50. The van der Waals surface area contributed by atoms with Gasteiger partial charge in [-0.25, -0.2) is 14.0 Å². The zero-order chi connectivity index (χ0) is 19.0. The average Bonchev–Trinajstić information content (AvgIpc) is 3.14. The van der Waals surface area contributed by atoms with E-state index < -0.39 is 9.73 Å². The molecule has 2 N–H and O–H groups in total. The van der Waals surface area contributed by atoms with E-state index in [1.165, 1.54) is 18.4 Å². The Morgan fingerprint density at radius 3 is 2.67 bits per heavy atom. The molecule has 140 valence electrons. The fourth-order valence-corrected chi connectivity index (χ4v) is 4.97. The zero-order valence-corrected chi connectivity index (χ0v) is 15.9. The molecule has 27 heavy (non-hydrogen) atoms. The monoisotopic (exact) mass is 405 g/mol. The SMILES string of the molecule is C[S@@](=N)(=O)c1ccc(C(=O)NC23CC(c4nc5cc(Cl)ccc5o4)(C2)C3)o1. The molecule has 2 aromatic heterocycles. The Kier molecular flexibility index (Phi) is 3.20. The molecule has 0 aliphatic heterocycles. The van der Waals surface area contributed by atoms with Crippen LogP contribution in [0.5, 0.6) is 0 Å². The standard InChI is InChI=1S/C18H16ClN3O4S/c1-27(20,24)14-5-4-13(25-14)15(23)22-18-7-17(8-18,9-18)16-21-11-6-10(19)2-3-12(11)26-16/h2-6,20H,7-9H2,1H3,(H,22,23)/t17?,18?,27-/m1/s1. The molecule has 0 spiro atoms. The lowest BCUT2D eigenvalue weighted by molar-refractivity contribution is -0.0958. The molecule has 0 radical (unpaired) electrons. The summed E-state index contributed by atoms with van der Waals surface area (Å²) in [6.07, 6.45) is 3.51. The van der Waals surface area contributed by atoms with Crippen LogP contribution in [0, 0.1) is 4.78 Å². The van der Waals surface area contributed by atoms with E-state index in [1.54, 1.807) is 12.1 Å². The molecule has 3 fully saturated rings. The predicted octanol–water partition coefficient (Wildman–Crippen LogP) is 3.71. The molecule has 6 rings (SSSR count). The van der Waals surface area contributed by atoms with Gasteiger partial charge in [0.15, 0.2) is 16.4 Å². The number of fused-ring (bicyclic) bond motifs is 1. The van der Waals surface area contributed by atoms with Crippen LogP contribution in [0.2, 0.25) is 5.02 Å². The van der Waals surface area contributed by atoms with Crippen LogP contribution < -0.4 is 5.32 Å². The molecular weight excluding hydrogens is 390 g/mol. The number of hydrogen-bond acceptors (Lipinski definition) is 6. The van der Waals surface area contributed by atoms with Gasteiger partial charge in [-0.15, -0.1) is 0 Å². The first-order chi connectivity index (χ1) is 12.7. The predicted molar refractivity (Wildman–Crippen MR) is 98.5 cm³/mol. The topological polar surface area (TPSA) is 109 Å². The number of oxazole rings is 1. The Bertz CT molecular complexity index is 1190. The van der Waals surface area contributed by atoms with E-state index in [1.807, 2.05) is 6.07 Å². The molecule has 9 heteroatoms. The van der Waals surface area contributed by atoms with Gasteiger partial charge in [-0.2, -0.15) is 0 Å². The number of benzene rings is 1. The Hall–Kier alpha value is -2.32. The maximum Gasteiger partial charge on any atom is 0.287 e. The number of halogens is 1. The largest absolute Gasteiger partial charge is 0.441 e. The Labute approximate surface area is 160 Å². The first-order valence-electron chi connectivity index (χ1n) is 8.41. The summed E-state index contributed by atoms with van der Waals surface area (Å²) in [4.78, 5) is 17.0. The van der Waals surface area contributed by atoms with Crippen LogP contribution in [-0.2, 0) is 15.1 Å². The second kappa shape index (κ2) is 5.14. The van der Waals surface area contributed by atoms with Crippen molar-refractivity contribution in [3.63, 3.8) is 0 Å². The molecule has 3 aromatic rings. The smallest absolute Gasteiger partial charge is 0.287 e. The number of nitrogens with zero attached hydrogens (tertiary/aromatic N) is 1. The number of aromatic nitrogens is 1. The van der Waals surface area contributed by atoms with Crippen LogP contribution in [0.1, 0.15) is 35.7 Å². The molecule has 3 saturated carbocycles. The van der Waals surface area contributed by atoms with Crippen LogP contribution >= 0.6 is 11.6 Å². The normalized spacial score (nSPS) is 28.2. The maximum absolute atomic E-state index is 12.4. The lowest BCUT2D eigenvalue weighted by Gasteiger charge is -2.68. The number of furan rings is 1. The molecule has 0 saturated heterocycles. The highest BCUT2D eigenvalue weighted by Crippen LogP contribution is 2.67. The fourth-order valence-electron chi connectivity index (χ4n) is 4.23. The fraction of sp³-hybridized carbons (Fsp3) is 0.333. The number of carbonyl (C=O) groups excluding carboxylic acids is 1. The Morgan fingerprint density at radius 2 is 2.00 bits per heavy atom. The van der Waals surface area contributed by atoms with Crippen molar-refractivity contribution < 1.29 is 17.8 Å². The highest BCUT2D eigenvalue weighted by molar-refractivity contribution is 7.91. The van der Waals surface area contributed by atoms with E-state index in [2.05, 4.69) is 10.3 Å². The molecule has 1 atom stereocenters. The Balaban J connectivity index is 1.30. The summed E-state index contributed by atoms with van der Waals surface area (Å²) in [6.45, 7) is 0. The van der Waals surface area contributed by atoms with Crippen LogP contribution in [0.25, 0.3) is 11.1 Å². The molecular formula is C18H16ClN3O4S. The summed E-state index contributed by atoms with van der Waals surface area (Å²) in [5.41, 5.74) is 1.03. The van der Waals surface area contributed by atoms with Gasteiger partial charge >= 0.3 is 0 Å². The van der Waals surface area contributed by atoms with Gasteiger partial charge in [-0.1, -0.05) is 11.6 Å². The lowest BCUT2D eigenvalue weighted by atomic mass is 9.39. The molecule has 3 aliphatic rings. The van der Waals surface area contributed by atoms with Gasteiger partial charge in [0.05, 0.1) is 5.41 Å². The van der Waals surface area contributed by atoms with Gasteiger partial charge in [-0.3, -0.25) is 4.79 Å². The lowest BCUT2D eigenvalue weighted by Crippen LogP contribution is -2.76. The number of carbonyl (C=O) groups is 1. The quantitative estimate of drug-likeness (QED) is 0.687. The second-order valence-electron chi connectivity index (χ2n) is 7.64. The summed E-state index contributed by atoms with van der Waals surface area (Å²) >= 11 is 6.00. The average molecular weight is 406 g/mol. The van der Waals surface area contributed by atoms with E-state index in [-0.39, 0.29) is 27.7 Å². The third-order valence-corrected chi connectivity index (χ3v) is 6.62.